The molecule has 2 aromatic carbocycles. The number of nitrogens with one attached hydrogen (secondary N) is 2. The molecule has 2 aromatic heterocycles. The molecule has 0 aliphatic carbocycles. The molecule has 0 unspecified atom stereocenters. The second kappa shape index (κ2) is 10.6. The second-order valence-electron chi connectivity index (χ2n) is 9.37. The van der Waals surface area contributed by atoms with Crippen LogP contribution in [0.1, 0.15) is 45.6 Å². The normalized spacial score (nSPS) is 14.6. The summed E-state index contributed by atoms with van der Waals surface area (Å²) < 4.78 is 1.69. The number of aryl methyl sites for hydroxylation is 3. The SMILES string of the molecule is CC1=C(C(=O)Nc2ccc(C)cc2C)[C@H](c2cccnc2)n2nc(SCC(=O)c3ccc(C)cc3)nc2N1. The van der Waals surface area contributed by atoms with Gasteiger partial charge in [0.15, 0.2) is 5.78 Å². The molecular weight excluding hydrogens is 496 g/mol. The number of hydrogen-bond donors (Lipinski definition) is 2. The van der Waals surface area contributed by atoms with Gasteiger partial charge in [-0.1, -0.05) is 65.4 Å². The van der Waals surface area contributed by atoms with Crippen LogP contribution < -0.4 is 10.6 Å². The average Bonchev–Trinajstić information content (AvgIpc) is 3.31. The molecule has 192 valence electrons. The van der Waals surface area contributed by atoms with Gasteiger partial charge in [-0.25, -0.2) is 4.68 Å². The maximum Gasteiger partial charge on any atom is 0.255 e. The van der Waals surface area contributed by atoms with Gasteiger partial charge in [-0.3, -0.25) is 14.6 Å². The standard InChI is InChI=1S/C29H28N6O2S/c1-17-7-10-21(11-8-17)24(36)16-38-29-33-28-31-20(4)25(26(35(28)34-29)22-6-5-13-30-15-22)27(37)32-23-12-9-18(2)14-19(23)3/h5-15,26H,16H2,1-4H3,(H,32,37)(H,31,33,34)/t26-/m0/s1. The van der Waals surface area contributed by atoms with Crippen molar-refractivity contribution in [2.24, 2.45) is 0 Å². The summed E-state index contributed by atoms with van der Waals surface area (Å²) in [5, 5.41) is 11.5. The van der Waals surface area contributed by atoms with Crippen LogP contribution in [0, 0.1) is 20.8 Å². The van der Waals surface area contributed by atoms with E-state index in [0.717, 1.165) is 27.9 Å². The van der Waals surface area contributed by atoms with Crippen molar-refractivity contribution in [1.29, 1.82) is 0 Å². The third kappa shape index (κ3) is 5.24. The Hall–Kier alpha value is -4.24. The predicted molar refractivity (Wildman–Crippen MR) is 149 cm³/mol. The first-order chi connectivity index (χ1) is 18.3. The molecule has 0 fully saturated rings. The molecule has 5 rings (SSSR count). The third-order valence-corrected chi connectivity index (χ3v) is 7.25. The number of anilines is 2. The zero-order valence-corrected chi connectivity index (χ0v) is 22.5. The highest BCUT2D eigenvalue weighted by Gasteiger charge is 2.34. The van der Waals surface area contributed by atoms with Crippen molar-refractivity contribution in [3.63, 3.8) is 0 Å². The fraction of sp³-hybridized carbons (Fsp3) is 0.207. The lowest BCUT2D eigenvalue weighted by atomic mass is 9.96. The minimum atomic E-state index is -0.541. The van der Waals surface area contributed by atoms with Gasteiger partial charge in [0.05, 0.1) is 11.3 Å². The summed E-state index contributed by atoms with van der Waals surface area (Å²) in [7, 11) is 0. The van der Waals surface area contributed by atoms with Gasteiger partial charge < -0.3 is 10.6 Å². The molecule has 1 amide bonds. The minimum absolute atomic E-state index is 0.00220. The van der Waals surface area contributed by atoms with E-state index in [1.54, 1.807) is 17.1 Å². The summed E-state index contributed by atoms with van der Waals surface area (Å²) in [6, 6.07) is 16.6. The number of aromatic nitrogens is 4. The fourth-order valence-electron chi connectivity index (χ4n) is 4.43. The Balaban J connectivity index is 1.43. The fourth-order valence-corrected chi connectivity index (χ4v) is 5.15. The Morgan fingerprint density at radius 2 is 1.79 bits per heavy atom. The Morgan fingerprint density at radius 3 is 2.50 bits per heavy atom. The molecule has 9 heteroatoms. The molecule has 0 saturated heterocycles. The first-order valence-corrected chi connectivity index (χ1v) is 13.2. The molecule has 0 saturated carbocycles. The number of amides is 1. The van der Waals surface area contributed by atoms with Crippen molar-refractivity contribution in [2.75, 3.05) is 16.4 Å². The van der Waals surface area contributed by atoms with Crippen LogP contribution in [-0.4, -0.2) is 37.2 Å². The topological polar surface area (TPSA) is 102 Å². The van der Waals surface area contributed by atoms with Crippen LogP contribution in [0.2, 0.25) is 0 Å². The number of Topliss-reactive ketones (excluding diaryl/α,β-unsaturated/α-hetero) is 1. The van der Waals surface area contributed by atoms with E-state index in [4.69, 9.17) is 5.10 Å². The highest BCUT2D eigenvalue weighted by Crippen LogP contribution is 2.36. The van der Waals surface area contributed by atoms with E-state index >= 15 is 0 Å². The first kappa shape index (κ1) is 25.4. The third-order valence-electron chi connectivity index (χ3n) is 6.41. The lowest BCUT2D eigenvalue weighted by molar-refractivity contribution is -0.113. The quantitative estimate of drug-likeness (QED) is 0.243. The smallest absolute Gasteiger partial charge is 0.255 e. The lowest BCUT2D eigenvalue weighted by Crippen LogP contribution is -2.31. The molecule has 0 bridgehead atoms. The van der Waals surface area contributed by atoms with E-state index in [9.17, 15) is 9.59 Å². The van der Waals surface area contributed by atoms with Crippen molar-refractivity contribution >= 4 is 35.1 Å². The second-order valence-corrected chi connectivity index (χ2v) is 10.3. The van der Waals surface area contributed by atoms with Crippen LogP contribution in [0.15, 0.2) is 83.4 Å². The maximum absolute atomic E-state index is 13.7. The van der Waals surface area contributed by atoms with E-state index < -0.39 is 6.04 Å². The summed E-state index contributed by atoms with van der Waals surface area (Å²) in [5.41, 5.74) is 6.61. The van der Waals surface area contributed by atoms with Gasteiger partial charge in [0.2, 0.25) is 11.1 Å². The Kier molecular flexibility index (Phi) is 7.11. The summed E-state index contributed by atoms with van der Waals surface area (Å²) >= 11 is 1.27. The predicted octanol–water partition coefficient (Wildman–Crippen LogP) is 5.50. The van der Waals surface area contributed by atoms with Crippen LogP contribution in [0.3, 0.4) is 0 Å². The number of thioether (sulfide) groups is 1. The van der Waals surface area contributed by atoms with Crippen LogP contribution in [-0.2, 0) is 4.79 Å². The number of pyridine rings is 1. The van der Waals surface area contributed by atoms with Crippen molar-refractivity contribution in [1.82, 2.24) is 19.7 Å². The zero-order valence-electron chi connectivity index (χ0n) is 21.6. The van der Waals surface area contributed by atoms with Crippen LogP contribution >= 0.6 is 11.8 Å². The number of carbonyl (C=O) groups is 2. The molecule has 2 N–H and O–H groups in total. The van der Waals surface area contributed by atoms with Crippen molar-refractivity contribution in [3.8, 4) is 0 Å². The molecule has 0 radical (unpaired) electrons. The Labute approximate surface area is 225 Å². The average molecular weight is 525 g/mol. The van der Waals surface area contributed by atoms with Gasteiger partial charge in [-0.05, 0) is 51.0 Å². The number of nitrogens with zero attached hydrogens (tertiary/aromatic N) is 4. The van der Waals surface area contributed by atoms with Gasteiger partial charge in [0.1, 0.15) is 6.04 Å². The number of rotatable bonds is 7. The number of benzene rings is 2. The molecule has 1 aliphatic rings. The molecule has 38 heavy (non-hydrogen) atoms. The monoisotopic (exact) mass is 524 g/mol. The van der Waals surface area contributed by atoms with Gasteiger partial charge >= 0.3 is 0 Å². The number of fused-ring (bicyclic) bond motifs is 1. The van der Waals surface area contributed by atoms with Crippen LogP contribution in [0.5, 0.6) is 0 Å². The molecular formula is C29H28N6O2S. The number of hydrogen-bond acceptors (Lipinski definition) is 7. The van der Waals surface area contributed by atoms with Gasteiger partial charge in [-0.15, -0.1) is 5.10 Å². The molecule has 3 heterocycles. The molecule has 4 aromatic rings. The van der Waals surface area contributed by atoms with E-state index in [1.165, 1.54) is 11.8 Å². The van der Waals surface area contributed by atoms with Gasteiger partial charge in [0, 0.05) is 29.3 Å². The highest BCUT2D eigenvalue weighted by molar-refractivity contribution is 7.99. The largest absolute Gasteiger partial charge is 0.328 e. The number of allylic oxidation sites excluding steroid dienone is 1. The highest BCUT2D eigenvalue weighted by atomic mass is 32.2. The Morgan fingerprint density at radius 1 is 1.03 bits per heavy atom. The van der Waals surface area contributed by atoms with E-state index in [1.807, 2.05) is 82.3 Å². The summed E-state index contributed by atoms with van der Waals surface area (Å²) in [4.78, 5) is 35.3. The molecule has 1 atom stereocenters. The summed E-state index contributed by atoms with van der Waals surface area (Å²) in [5.74, 6) is 0.476. The Bertz CT molecular complexity index is 1540. The minimum Gasteiger partial charge on any atom is -0.328 e. The van der Waals surface area contributed by atoms with Crippen LogP contribution in [0.25, 0.3) is 0 Å². The summed E-state index contributed by atoms with van der Waals surface area (Å²) in [6.45, 7) is 7.83. The van der Waals surface area contributed by atoms with Crippen molar-refractivity contribution in [3.05, 3.63) is 106 Å². The van der Waals surface area contributed by atoms with Crippen molar-refractivity contribution in [2.45, 2.75) is 38.9 Å². The zero-order chi connectivity index (χ0) is 26.8. The van der Waals surface area contributed by atoms with Crippen molar-refractivity contribution < 1.29 is 9.59 Å². The van der Waals surface area contributed by atoms with E-state index in [0.29, 0.717) is 27.9 Å². The number of carbonyl (C=O) groups excluding carboxylic acids is 2. The first-order valence-electron chi connectivity index (χ1n) is 12.3. The van der Waals surface area contributed by atoms with E-state index in [2.05, 4.69) is 20.6 Å². The summed E-state index contributed by atoms with van der Waals surface area (Å²) in [6.07, 6.45) is 3.42. The molecule has 1 aliphatic heterocycles. The van der Waals surface area contributed by atoms with E-state index in [-0.39, 0.29) is 17.4 Å². The van der Waals surface area contributed by atoms with Gasteiger partial charge in [0.25, 0.3) is 5.91 Å². The lowest BCUT2D eigenvalue weighted by Gasteiger charge is -2.28. The number of ketones is 1. The molecule has 0 spiro atoms. The maximum atomic E-state index is 13.7. The van der Waals surface area contributed by atoms with Crippen LogP contribution in [0.4, 0.5) is 11.6 Å². The molecule has 8 nitrogen and oxygen atoms in total. The van der Waals surface area contributed by atoms with Gasteiger partial charge in [-0.2, -0.15) is 4.98 Å².